The zero-order chi connectivity index (χ0) is 28.9. The minimum absolute atomic E-state index is 0.0781. The minimum atomic E-state index is -1.34. The van der Waals surface area contributed by atoms with E-state index in [0.29, 0.717) is 42.0 Å². The number of amides is 3. The molecule has 1 aliphatic rings. The molecule has 1 aliphatic heterocycles. The first-order chi connectivity index (χ1) is 18.5. The highest BCUT2D eigenvalue weighted by Crippen LogP contribution is 2.45. The first kappa shape index (κ1) is 30.7. The molecular formula is C26H24Cl4N2O7. The van der Waals surface area contributed by atoms with E-state index >= 15 is 0 Å². The van der Waals surface area contributed by atoms with E-state index in [9.17, 15) is 24.0 Å². The smallest absolute Gasteiger partial charge is 0.338 e. The lowest BCUT2D eigenvalue weighted by Gasteiger charge is -2.24. The fourth-order valence-corrected chi connectivity index (χ4v) is 4.81. The number of esters is 2. The van der Waals surface area contributed by atoms with Gasteiger partial charge in [0, 0.05) is 5.69 Å². The summed E-state index contributed by atoms with van der Waals surface area (Å²) in [5.74, 6) is -3.87. The van der Waals surface area contributed by atoms with Gasteiger partial charge in [0.15, 0.2) is 6.61 Å². The summed E-state index contributed by atoms with van der Waals surface area (Å²) >= 11 is 24.5. The Morgan fingerprint density at radius 3 is 1.92 bits per heavy atom. The van der Waals surface area contributed by atoms with E-state index in [4.69, 9.17) is 55.9 Å². The van der Waals surface area contributed by atoms with Crippen molar-refractivity contribution in [3.05, 3.63) is 61.0 Å². The molecular weight excluding hydrogens is 594 g/mol. The second-order valence-electron chi connectivity index (χ2n) is 8.51. The molecule has 39 heavy (non-hydrogen) atoms. The third-order valence-corrected chi connectivity index (χ3v) is 7.54. The molecule has 0 aromatic heterocycles. The van der Waals surface area contributed by atoms with Crippen LogP contribution in [0.2, 0.25) is 20.1 Å². The number of hydrogen-bond donors (Lipinski definition) is 1. The van der Waals surface area contributed by atoms with Crippen LogP contribution in [0.25, 0.3) is 0 Å². The Labute approximate surface area is 244 Å². The molecule has 0 spiro atoms. The van der Waals surface area contributed by atoms with Gasteiger partial charge < -0.3 is 14.8 Å². The molecule has 1 atom stereocenters. The quantitative estimate of drug-likeness (QED) is 0.138. The van der Waals surface area contributed by atoms with Crippen molar-refractivity contribution < 1.29 is 33.4 Å². The molecule has 0 fully saturated rings. The third kappa shape index (κ3) is 6.66. The fourth-order valence-electron chi connectivity index (χ4n) is 3.80. The molecule has 0 unspecified atom stereocenters. The van der Waals surface area contributed by atoms with Crippen molar-refractivity contribution >= 4 is 81.8 Å². The molecule has 1 heterocycles. The predicted molar refractivity (Wildman–Crippen MR) is 147 cm³/mol. The Morgan fingerprint density at radius 2 is 1.41 bits per heavy atom. The fraction of sp³-hybridized carbons (Fsp3) is 0.346. The minimum Gasteiger partial charge on any atom is -0.462 e. The van der Waals surface area contributed by atoms with Crippen molar-refractivity contribution in [1.29, 1.82) is 0 Å². The lowest BCUT2D eigenvalue weighted by molar-refractivity contribution is -0.151. The number of hydrogen-bond acceptors (Lipinski definition) is 7. The summed E-state index contributed by atoms with van der Waals surface area (Å²) in [7, 11) is 0. The summed E-state index contributed by atoms with van der Waals surface area (Å²) in [5, 5.41) is 1.64. The largest absolute Gasteiger partial charge is 0.462 e. The first-order valence-electron chi connectivity index (χ1n) is 12.0. The van der Waals surface area contributed by atoms with Gasteiger partial charge >= 0.3 is 11.9 Å². The molecule has 0 saturated carbocycles. The van der Waals surface area contributed by atoms with Gasteiger partial charge in [-0.1, -0.05) is 73.1 Å². The summed E-state index contributed by atoms with van der Waals surface area (Å²) in [6.07, 6.45) is 1.88. The van der Waals surface area contributed by atoms with Crippen LogP contribution in [0.5, 0.6) is 0 Å². The summed E-state index contributed by atoms with van der Waals surface area (Å²) in [5.41, 5.74) is 0.157. The summed E-state index contributed by atoms with van der Waals surface area (Å²) < 4.78 is 10.2. The average Bonchev–Trinajstić information content (AvgIpc) is 3.18. The number of rotatable bonds is 11. The maximum Gasteiger partial charge on any atom is 0.338 e. The van der Waals surface area contributed by atoms with Crippen LogP contribution in [0, 0.1) is 0 Å². The molecule has 0 aliphatic carbocycles. The Balaban J connectivity index is 1.70. The van der Waals surface area contributed by atoms with Crippen LogP contribution in [0.1, 0.15) is 70.6 Å². The standard InChI is InChI=1S/C26H24Cl4N2O7/c1-3-5-6-15(32-23(34)17-18(24(32)35)20(28)22(30)21(29)19(17)27)26(37)39-12-16(33)31-14-9-7-13(8-10-14)25(36)38-11-4-2/h7-10,15H,3-6,11-12H2,1-2H3,(H,31,33)/t15-/m0/s1. The average molecular weight is 618 g/mol. The Hall–Kier alpha value is -2.85. The highest BCUT2D eigenvalue weighted by atomic mass is 35.5. The number of carbonyl (C=O) groups is 5. The molecule has 1 N–H and O–H groups in total. The van der Waals surface area contributed by atoms with Crippen molar-refractivity contribution in [2.75, 3.05) is 18.5 Å². The van der Waals surface area contributed by atoms with E-state index in [0.717, 1.165) is 0 Å². The second kappa shape index (κ2) is 13.5. The van der Waals surface area contributed by atoms with E-state index < -0.39 is 42.3 Å². The van der Waals surface area contributed by atoms with E-state index in [2.05, 4.69) is 5.32 Å². The highest BCUT2D eigenvalue weighted by molar-refractivity contribution is 6.55. The zero-order valence-corrected chi connectivity index (χ0v) is 24.0. The van der Waals surface area contributed by atoms with Crippen LogP contribution < -0.4 is 5.32 Å². The van der Waals surface area contributed by atoms with Crippen molar-refractivity contribution in [3.8, 4) is 0 Å². The van der Waals surface area contributed by atoms with Crippen LogP contribution in [-0.2, 0) is 19.1 Å². The van der Waals surface area contributed by atoms with Crippen LogP contribution in [0.3, 0.4) is 0 Å². The summed E-state index contributed by atoms with van der Waals surface area (Å²) in [6, 6.07) is 4.61. The maximum absolute atomic E-state index is 13.2. The number of fused-ring (bicyclic) bond motifs is 1. The topological polar surface area (TPSA) is 119 Å². The van der Waals surface area contributed by atoms with Gasteiger partial charge in [-0.3, -0.25) is 19.3 Å². The van der Waals surface area contributed by atoms with Crippen LogP contribution in [0.15, 0.2) is 24.3 Å². The first-order valence-corrected chi connectivity index (χ1v) is 13.5. The van der Waals surface area contributed by atoms with Gasteiger partial charge in [-0.05, 0) is 37.1 Å². The SMILES string of the molecule is CCCC[C@@H](C(=O)OCC(=O)Nc1ccc(C(=O)OCCC)cc1)N1C(=O)c2c(Cl)c(Cl)c(Cl)c(Cl)c2C1=O. The second-order valence-corrected chi connectivity index (χ2v) is 10.0. The molecule has 0 radical (unpaired) electrons. The number of halogens is 4. The molecule has 0 bridgehead atoms. The van der Waals surface area contributed by atoms with Gasteiger partial charge in [-0.15, -0.1) is 0 Å². The molecule has 0 saturated heterocycles. The van der Waals surface area contributed by atoms with Gasteiger partial charge in [0.2, 0.25) is 0 Å². The van der Waals surface area contributed by atoms with Gasteiger partial charge in [-0.2, -0.15) is 0 Å². The van der Waals surface area contributed by atoms with Crippen LogP contribution >= 0.6 is 46.4 Å². The van der Waals surface area contributed by atoms with Crippen molar-refractivity contribution in [3.63, 3.8) is 0 Å². The number of ether oxygens (including phenoxy) is 2. The van der Waals surface area contributed by atoms with E-state index in [1.807, 2.05) is 13.8 Å². The van der Waals surface area contributed by atoms with Gasteiger partial charge in [0.25, 0.3) is 17.7 Å². The van der Waals surface area contributed by atoms with E-state index in [-0.39, 0.29) is 37.6 Å². The van der Waals surface area contributed by atoms with Crippen LogP contribution in [-0.4, -0.2) is 53.8 Å². The van der Waals surface area contributed by atoms with Crippen molar-refractivity contribution in [1.82, 2.24) is 4.90 Å². The number of anilines is 1. The predicted octanol–water partition coefficient (Wildman–Crippen LogP) is 6.20. The summed E-state index contributed by atoms with van der Waals surface area (Å²) in [6.45, 7) is 3.34. The van der Waals surface area contributed by atoms with Crippen molar-refractivity contribution in [2.24, 2.45) is 0 Å². The number of nitrogens with zero attached hydrogens (tertiary/aromatic N) is 1. The molecule has 3 amide bonds. The zero-order valence-electron chi connectivity index (χ0n) is 20.9. The molecule has 208 valence electrons. The normalized spacial score (nSPS) is 13.2. The number of benzene rings is 2. The molecule has 2 aromatic rings. The monoisotopic (exact) mass is 616 g/mol. The van der Waals surface area contributed by atoms with Crippen LogP contribution in [0.4, 0.5) is 5.69 Å². The Bertz CT molecular complexity index is 1270. The lowest BCUT2D eigenvalue weighted by atomic mass is 10.1. The maximum atomic E-state index is 13.2. The molecule has 13 heteroatoms. The number of carbonyl (C=O) groups excluding carboxylic acids is 5. The molecule has 2 aromatic carbocycles. The third-order valence-electron chi connectivity index (χ3n) is 5.73. The highest BCUT2D eigenvalue weighted by Gasteiger charge is 2.47. The van der Waals surface area contributed by atoms with Gasteiger partial charge in [0.1, 0.15) is 6.04 Å². The Morgan fingerprint density at radius 1 is 0.846 bits per heavy atom. The number of nitrogens with one attached hydrogen (secondary N) is 1. The molecule has 3 rings (SSSR count). The van der Waals surface area contributed by atoms with Gasteiger partial charge in [0.05, 0.1) is 43.4 Å². The summed E-state index contributed by atoms with van der Waals surface area (Å²) in [4.78, 5) is 64.5. The Kier molecular flexibility index (Phi) is 10.6. The lowest BCUT2D eigenvalue weighted by Crippen LogP contribution is -2.46. The number of unbranched alkanes of at least 4 members (excludes halogenated alkanes) is 1. The van der Waals surface area contributed by atoms with E-state index in [1.54, 1.807) is 0 Å². The van der Waals surface area contributed by atoms with Crippen molar-refractivity contribution in [2.45, 2.75) is 45.6 Å². The molecule has 9 nitrogen and oxygen atoms in total. The van der Waals surface area contributed by atoms with E-state index in [1.165, 1.54) is 24.3 Å². The number of imide groups is 1. The van der Waals surface area contributed by atoms with Gasteiger partial charge in [-0.25, -0.2) is 9.59 Å².